The number of rotatable bonds is 6. The van der Waals surface area contributed by atoms with Gasteiger partial charge < -0.3 is 9.88 Å². The van der Waals surface area contributed by atoms with Crippen LogP contribution in [0.4, 0.5) is 8.78 Å². The van der Waals surface area contributed by atoms with Crippen molar-refractivity contribution in [3.63, 3.8) is 0 Å². The monoisotopic (exact) mass is 217 g/mol. The smallest absolute Gasteiger partial charge is 0.256 e. The fraction of sp³-hybridized carbons (Fsp3) is 0.700. The second kappa shape index (κ2) is 5.80. The Morgan fingerprint density at radius 1 is 1.47 bits per heavy atom. The maximum Gasteiger partial charge on any atom is 0.256 e. The van der Waals surface area contributed by atoms with E-state index in [0.29, 0.717) is 18.3 Å². The first kappa shape index (κ1) is 12.1. The lowest BCUT2D eigenvalue weighted by Crippen LogP contribution is -2.22. The summed E-state index contributed by atoms with van der Waals surface area (Å²) < 4.78 is 25.8. The molecular formula is C10H17F2N3. The first-order valence-electron chi connectivity index (χ1n) is 5.08. The van der Waals surface area contributed by atoms with Gasteiger partial charge in [0.15, 0.2) is 0 Å². The molecule has 3 nitrogen and oxygen atoms in total. The summed E-state index contributed by atoms with van der Waals surface area (Å²) in [5.74, 6) is 1.21. The summed E-state index contributed by atoms with van der Waals surface area (Å²) in [6.45, 7) is 5.31. The highest BCUT2D eigenvalue weighted by atomic mass is 19.3. The molecule has 1 heterocycles. The van der Waals surface area contributed by atoms with E-state index in [-0.39, 0.29) is 6.54 Å². The summed E-state index contributed by atoms with van der Waals surface area (Å²) in [6, 6.07) is 0. The van der Waals surface area contributed by atoms with Crippen LogP contribution < -0.4 is 5.32 Å². The minimum absolute atomic E-state index is 0.279. The van der Waals surface area contributed by atoms with Crippen molar-refractivity contribution >= 4 is 0 Å². The lowest BCUT2D eigenvalue weighted by atomic mass is 10.2. The highest BCUT2D eigenvalue weighted by Gasteiger charge is 2.08. The average Bonchev–Trinajstić information content (AvgIpc) is 2.51. The van der Waals surface area contributed by atoms with Crippen molar-refractivity contribution in [1.82, 2.24) is 14.9 Å². The zero-order valence-electron chi connectivity index (χ0n) is 9.08. The summed E-state index contributed by atoms with van der Waals surface area (Å²) in [5, 5.41) is 3.17. The molecule has 5 heteroatoms. The minimum Gasteiger partial charge on any atom is -0.328 e. The van der Waals surface area contributed by atoms with Gasteiger partial charge in [0, 0.05) is 12.4 Å². The second-order valence-electron chi connectivity index (χ2n) is 3.91. The second-order valence-corrected chi connectivity index (χ2v) is 3.91. The lowest BCUT2D eigenvalue weighted by Gasteiger charge is -2.09. The normalized spacial score (nSPS) is 11.6. The van der Waals surface area contributed by atoms with E-state index in [1.807, 2.05) is 0 Å². The first-order valence-corrected chi connectivity index (χ1v) is 5.08. The summed E-state index contributed by atoms with van der Waals surface area (Å²) in [5.41, 5.74) is 0. The van der Waals surface area contributed by atoms with E-state index < -0.39 is 6.43 Å². The molecule has 0 unspecified atom stereocenters. The summed E-state index contributed by atoms with van der Waals surface area (Å²) in [4.78, 5) is 4.03. The Morgan fingerprint density at radius 3 is 2.80 bits per heavy atom. The van der Waals surface area contributed by atoms with Crippen LogP contribution in [0.5, 0.6) is 0 Å². The van der Waals surface area contributed by atoms with Crippen molar-refractivity contribution < 1.29 is 8.78 Å². The van der Waals surface area contributed by atoms with E-state index in [9.17, 15) is 8.78 Å². The number of imidazole rings is 1. The molecule has 0 radical (unpaired) electrons. The highest BCUT2D eigenvalue weighted by Crippen LogP contribution is 2.03. The number of nitrogens with one attached hydrogen (secondary N) is 1. The molecule has 0 bridgehead atoms. The molecular weight excluding hydrogens is 200 g/mol. The van der Waals surface area contributed by atoms with Gasteiger partial charge in [-0.05, 0) is 12.5 Å². The Kier molecular flexibility index (Phi) is 4.68. The van der Waals surface area contributed by atoms with Crippen LogP contribution >= 0.6 is 0 Å². The van der Waals surface area contributed by atoms with Gasteiger partial charge in [-0.1, -0.05) is 13.8 Å². The van der Waals surface area contributed by atoms with E-state index in [1.54, 1.807) is 12.4 Å². The Bertz CT molecular complexity index is 284. The van der Waals surface area contributed by atoms with E-state index in [1.165, 1.54) is 4.57 Å². The number of nitrogens with zero attached hydrogens (tertiary/aromatic N) is 2. The Labute approximate surface area is 88.5 Å². The molecule has 1 N–H and O–H groups in total. The van der Waals surface area contributed by atoms with E-state index in [0.717, 1.165) is 6.54 Å². The average molecular weight is 217 g/mol. The van der Waals surface area contributed by atoms with Gasteiger partial charge in [0.1, 0.15) is 5.82 Å². The van der Waals surface area contributed by atoms with Crippen LogP contribution in [0.25, 0.3) is 0 Å². The quantitative estimate of drug-likeness (QED) is 0.788. The third kappa shape index (κ3) is 4.38. The number of halogens is 2. The van der Waals surface area contributed by atoms with Crippen LogP contribution in [0, 0.1) is 5.92 Å². The topological polar surface area (TPSA) is 29.9 Å². The molecule has 1 rings (SSSR count). The van der Waals surface area contributed by atoms with Crippen LogP contribution in [-0.2, 0) is 13.1 Å². The third-order valence-electron chi connectivity index (χ3n) is 1.97. The summed E-state index contributed by atoms with van der Waals surface area (Å²) >= 11 is 0. The molecule has 0 aliphatic rings. The van der Waals surface area contributed by atoms with Crippen molar-refractivity contribution in [3.8, 4) is 0 Å². The molecule has 1 aromatic rings. The van der Waals surface area contributed by atoms with Gasteiger partial charge in [-0.3, -0.25) is 0 Å². The summed E-state index contributed by atoms with van der Waals surface area (Å²) in [6.07, 6.45) is 0.802. The minimum atomic E-state index is -2.33. The van der Waals surface area contributed by atoms with Crippen molar-refractivity contribution in [3.05, 3.63) is 18.2 Å². The van der Waals surface area contributed by atoms with Gasteiger partial charge in [-0.15, -0.1) is 0 Å². The van der Waals surface area contributed by atoms with Crippen LogP contribution in [0.1, 0.15) is 19.7 Å². The molecule has 0 saturated carbocycles. The van der Waals surface area contributed by atoms with E-state index in [2.05, 4.69) is 24.1 Å². The standard InChI is InChI=1S/C10H17F2N3/c1-8(2)5-13-6-10-14-3-4-15(10)7-9(11)12/h3-4,8-9,13H,5-7H2,1-2H3. The zero-order valence-corrected chi connectivity index (χ0v) is 9.08. The van der Waals surface area contributed by atoms with Crippen molar-refractivity contribution in [1.29, 1.82) is 0 Å². The molecule has 1 aromatic heterocycles. The van der Waals surface area contributed by atoms with Gasteiger partial charge in [0.25, 0.3) is 6.43 Å². The van der Waals surface area contributed by atoms with E-state index >= 15 is 0 Å². The van der Waals surface area contributed by atoms with Gasteiger partial charge in [-0.2, -0.15) is 0 Å². The van der Waals surface area contributed by atoms with Crippen molar-refractivity contribution in [2.24, 2.45) is 5.92 Å². The number of aromatic nitrogens is 2. The molecule has 0 atom stereocenters. The molecule has 0 fully saturated rings. The summed E-state index contributed by atoms with van der Waals surface area (Å²) in [7, 11) is 0. The fourth-order valence-corrected chi connectivity index (χ4v) is 1.29. The molecule has 15 heavy (non-hydrogen) atoms. The molecule has 0 aliphatic heterocycles. The van der Waals surface area contributed by atoms with Crippen molar-refractivity contribution in [2.75, 3.05) is 6.54 Å². The van der Waals surface area contributed by atoms with Crippen LogP contribution in [0.15, 0.2) is 12.4 Å². The molecule has 0 spiro atoms. The van der Waals surface area contributed by atoms with Gasteiger partial charge in [0.2, 0.25) is 0 Å². The maximum absolute atomic E-state index is 12.2. The predicted octanol–water partition coefficient (Wildman–Crippen LogP) is 1.89. The Balaban J connectivity index is 2.43. The fourth-order valence-electron chi connectivity index (χ4n) is 1.29. The number of hydrogen-bond acceptors (Lipinski definition) is 2. The number of alkyl halides is 2. The Hall–Kier alpha value is -0.970. The lowest BCUT2D eigenvalue weighted by molar-refractivity contribution is 0.125. The van der Waals surface area contributed by atoms with Crippen LogP contribution in [0.2, 0.25) is 0 Å². The number of hydrogen-bond donors (Lipinski definition) is 1. The maximum atomic E-state index is 12.2. The molecule has 0 amide bonds. The molecule has 86 valence electrons. The first-order chi connectivity index (χ1) is 7.09. The Morgan fingerprint density at radius 2 is 2.20 bits per heavy atom. The SMILES string of the molecule is CC(C)CNCc1nccn1CC(F)F. The van der Waals surface area contributed by atoms with Gasteiger partial charge in [-0.25, -0.2) is 13.8 Å². The van der Waals surface area contributed by atoms with Crippen LogP contribution in [0.3, 0.4) is 0 Å². The molecule has 0 saturated heterocycles. The van der Waals surface area contributed by atoms with Crippen molar-refractivity contribution in [2.45, 2.75) is 33.4 Å². The van der Waals surface area contributed by atoms with Crippen LogP contribution in [-0.4, -0.2) is 22.5 Å². The molecule has 0 aromatic carbocycles. The van der Waals surface area contributed by atoms with Gasteiger partial charge in [0.05, 0.1) is 13.1 Å². The predicted molar refractivity (Wildman–Crippen MR) is 54.8 cm³/mol. The van der Waals surface area contributed by atoms with Gasteiger partial charge >= 0.3 is 0 Å². The zero-order chi connectivity index (χ0) is 11.3. The largest absolute Gasteiger partial charge is 0.328 e. The third-order valence-corrected chi connectivity index (χ3v) is 1.97. The van der Waals surface area contributed by atoms with E-state index in [4.69, 9.17) is 0 Å². The molecule has 0 aliphatic carbocycles. The highest BCUT2D eigenvalue weighted by molar-refractivity contribution is 4.92.